The van der Waals surface area contributed by atoms with E-state index < -0.39 is 0 Å². The van der Waals surface area contributed by atoms with Gasteiger partial charge in [0.15, 0.2) is 5.11 Å². The molecule has 1 aromatic carbocycles. The summed E-state index contributed by atoms with van der Waals surface area (Å²) in [4.78, 5) is 26.7. The van der Waals surface area contributed by atoms with Crippen LogP contribution >= 0.6 is 12.2 Å². The van der Waals surface area contributed by atoms with Crippen LogP contribution < -0.4 is 0 Å². The van der Waals surface area contributed by atoms with Gasteiger partial charge in [-0.3, -0.25) is 14.9 Å². The van der Waals surface area contributed by atoms with Gasteiger partial charge in [-0.15, -0.1) is 0 Å². The van der Waals surface area contributed by atoms with Gasteiger partial charge >= 0.3 is 5.97 Å². The first-order valence-electron chi connectivity index (χ1n) is 8.96. The summed E-state index contributed by atoms with van der Waals surface area (Å²) < 4.78 is 5.11. The second kappa shape index (κ2) is 7.99. The van der Waals surface area contributed by atoms with Crippen LogP contribution in [0.25, 0.3) is 0 Å². The minimum Gasteiger partial charge on any atom is -0.466 e. The molecule has 2 heterocycles. The van der Waals surface area contributed by atoms with Crippen molar-refractivity contribution in [2.24, 2.45) is 5.92 Å². The molecule has 0 atom stereocenters. The highest BCUT2D eigenvalue weighted by Crippen LogP contribution is 2.26. The minimum absolute atomic E-state index is 0.0428. The van der Waals surface area contributed by atoms with E-state index in [0.29, 0.717) is 13.2 Å². The lowest BCUT2D eigenvalue weighted by molar-refractivity contribution is -0.385. The molecule has 1 aromatic rings. The van der Waals surface area contributed by atoms with Gasteiger partial charge in [0.1, 0.15) is 0 Å². The van der Waals surface area contributed by atoms with Crippen molar-refractivity contribution in [1.82, 2.24) is 9.80 Å². The molecule has 3 rings (SSSR count). The summed E-state index contributed by atoms with van der Waals surface area (Å²) in [5.74, 6) is -0.156. The van der Waals surface area contributed by atoms with Crippen LogP contribution in [0.15, 0.2) is 18.2 Å². The normalized spacial score (nSPS) is 17.6. The van der Waals surface area contributed by atoms with E-state index in [1.807, 2.05) is 13.0 Å². The van der Waals surface area contributed by atoms with Crippen LogP contribution in [0, 0.1) is 16.0 Å². The number of non-ortho nitro benzene ring substituents is 1. The fraction of sp³-hybridized carbons (Fsp3) is 0.556. The van der Waals surface area contributed by atoms with Crippen LogP contribution in [0.2, 0.25) is 0 Å². The lowest BCUT2D eigenvalue weighted by Crippen LogP contribution is -2.48. The van der Waals surface area contributed by atoms with Crippen molar-refractivity contribution in [2.75, 3.05) is 26.2 Å². The minimum atomic E-state index is -0.363. The Kier molecular flexibility index (Phi) is 5.70. The van der Waals surface area contributed by atoms with E-state index in [4.69, 9.17) is 17.0 Å². The van der Waals surface area contributed by atoms with E-state index in [2.05, 4.69) is 9.80 Å². The molecule has 26 heavy (non-hydrogen) atoms. The van der Waals surface area contributed by atoms with E-state index in [-0.39, 0.29) is 22.5 Å². The van der Waals surface area contributed by atoms with Crippen molar-refractivity contribution in [3.8, 4) is 0 Å². The highest BCUT2D eigenvalue weighted by Gasteiger charge is 2.29. The number of ether oxygens (including phenoxy) is 1. The zero-order valence-corrected chi connectivity index (χ0v) is 15.7. The highest BCUT2D eigenvalue weighted by atomic mass is 32.1. The van der Waals surface area contributed by atoms with Crippen molar-refractivity contribution in [1.29, 1.82) is 0 Å². The fourth-order valence-electron chi connectivity index (χ4n) is 3.59. The van der Waals surface area contributed by atoms with E-state index in [9.17, 15) is 14.9 Å². The lowest BCUT2D eigenvalue weighted by atomic mass is 9.97. The summed E-state index contributed by atoms with van der Waals surface area (Å²) in [7, 11) is 0. The van der Waals surface area contributed by atoms with Gasteiger partial charge in [-0.1, -0.05) is 6.07 Å². The number of carbonyl (C=O) groups excluding carboxylic acids is 1. The Morgan fingerprint density at radius 3 is 2.65 bits per heavy atom. The molecular formula is C18H23N3O4S. The number of nitrogens with zero attached hydrogens (tertiary/aromatic N) is 3. The summed E-state index contributed by atoms with van der Waals surface area (Å²) in [5.41, 5.74) is 2.23. The zero-order valence-electron chi connectivity index (χ0n) is 14.8. The van der Waals surface area contributed by atoms with Crippen LogP contribution in [0.3, 0.4) is 0 Å². The van der Waals surface area contributed by atoms with Crippen molar-refractivity contribution in [3.05, 3.63) is 39.4 Å². The SMILES string of the molecule is CCOC(=O)C1CCN(C(=S)N2CCc3ccc([N+](=O)[O-])cc3C2)CC1. The smallest absolute Gasteiger partial charge is 0.309 e. The predicted octanol–water partition coefficient (Wildman–Crippen LogP) is 2.51. The monoisotopic (exact) mass is 377 g/mol. The summed E-state index contributed by atoms with van der Waals surface area (Å²) in [6, 6.07) is 5.06. The van der Waals surface area contributed by atoms with Crippen molar-refractivity contribution in [2.45, 2.75) is 32.7 Å². The second-order valence-corrected chi connectivity index (χ2v) is 7.04. The molecule has 0 radical (unpaired) electrons. The molecule has 0 N–H and O–H groups in total. The molecule has 0 aliphatic carbocycles. The maximum Gasteiger partial charge on any atom is 0.309 e. The predicted molar refractivity (Wildman–Crippen MR) is 101 cm³/mol. The van der Waals surface area contributed by atoms with Gasteiger partial charge in [0, 0.05) is 38.3 Å². The number of nitro benzene ring substituents is 1. The average Bonchev–Trinajstić information content (AvgIpc) is 2.66. The molecule has 1 saturated heterocycles. The van der Waals surface area contributed by atoms with Gasteiger partial charge < -0.3 is 14.5 Å². The van der Waals surface area contributed by atoms with Crippen LogP contribution in [0.4, 0.5) is 5.69 Å². The first-order chi connectivity index (χ1) is 12.5. The summed E-state index contributed by atoms with van der Waals surface area (Å²) in [5, 5.41) is 11.8. The Labute approximate surface area is 158 Å². The van der Waals surface area contributed by atoms with Crippen molar-refractivity contribution in [3.63, 3.8) is 0 Å². The van der Waals surface area contributed by atoms with Gasteiger partial charge in [-0.2, -0.15) is 0 Å². The molecule has 0 amide bonds. The molecular weight excluding hydrogens is 354 g/mol. The van der Waals surface area contributed by atoms with Crippen LogP contribution in [0.5, 0.6) is 0 Å². The fourth-order valence-corrected chi connectivity index (χ4v) is 3.93. The van der Waals surface area contributed by atoms with Crippen LogP contribution in [-0.4, -0.2) is 52.0 Å². The third kappa shape index (κ3) is 3.95. The number of hydrogen-bond acceptors (Lipinski definition) is 5. The Bertz CT molecular complexity index is 716. The van der Waals surface area contributed by atoms with E-state index in [0.717, 1.165) is 55.1 Å². The van der Waals surface area contributed by atoms with Crippen LogP contribution in [0.1, 0.15) is 30.9 Å². The number of benzene rings is 1. The first kappa shape index (κ1) is 18.6. The number of thiocarbonyl (C=S) groups is 1. The zero-order chi connectivity index (χ0) is 18.7. The standard InChI is InChI=1S/C18H23N3O4S/c1-2-25-17(22)14-6-8-19(9-7-14)18(26)20-10-5-13-3-4-16(21(23)24)11-15(13)12-20/h3-4,11,14H,2,5-10,12H2,1H3. The molecule has 2 aliphatic rings. The molecule has 0 unspecified atom stereocenters. The van der Waals surface area contributed by atoms with Crippen molar-refractivity contribution >= 4 is 29.0 Å². The number of rotatable bonds is 3. The lowest BCUT2D eigenvalue weighted by Gasteiger charge is -2.39. The van der Waals surface area contributed by atoms with Crippen molar-refractivity contribution < 1.29 is 14.5 Å². The maximum absolute atomic E-state index is 11.9. The number of carbonyl (C=O) groups is 1. The van der Waals surface area contributed by atoms with E-state index in [1.165, 1.54) is 0 Å². The van der Waals surface area contributed by atoms with Gasteiger partial charge in [0.2, 0.25) is 0 Å². The average molecular weight is 377 g/mol. The van der Waals surface area contributed by atoms with Gasteiger partial charge in [0.05, 0.1) is 17.4 Å². The molecule has 8 heteroatoms. The molecule has 0 bridgehead atoms. The van der Waals surface area contributed by atoms with Gasteiger partial charge in [0.25, 0.3) is 5.69 Å². The Morgan fingerprint density at radius 2 is 2.00 bits per heavy atom. The molecule has 0 spiro atoms. The highest BCUT2D eigenvalue weighted by molar-refractivity contribution is 7.80. The Hall–Kier alpha value is -2.22. The van der Waals surface area contributed by atoms with E-state index >= 15 is 0 Å². The Morgan fingerprint density at radius 1 is 1.27 bits per heavy atom. The number of nitro groups is 1. The Balaban J connectivity index is 1.61. The molecule has 2 aliphatic heterocycles. The van der Waals surface area contributed by atoms with Gasteiger partial charge in [-0.25, -0.2) is 0 Å². The quantitative estimate of drug-likeness (QED) is 0.347. The molecule has 0 saturated carbocycles. The molecule has 7 nitrogen and oxygen atoms in total. The number of likely N-dealkylation sites (tertiary alicyclic amines) is 1. The maximum atomic E-state index is 11.9. The van der Waals surface area contributed by atoms with Gasteiger partial charge in [-0.05, 0) is 49.5 Å². The third-order valence-corrected chi connectivity index (χ3v) is 5.59. The number of fused-ring (bicyclic) bond motifs is 1. The molecule has 140 valence electrons. The summed E-state index contributed by atoms with van der Waals surface area (Å²) in [6.07, 6.45) is 2.32. The van der Waals surface area contributed by atoms with E-state index in [1.54, 1.807) is 12.1 Å². The topological polar surface area (TPSA) is 75.9 Å². The number of hydrogen-bond donors (Lipinski definition) is 0. The largest absolute Gasteiger partial charge is 0.466 e. The van der Waals surface area contributed by atoms with Crippen LogP contribution in [-0.2, 0) is 22.5 Å². The second-order valence-electron chi connectivity index (χ2n) is 6.68. The number of piperidine rings is 1. The molecule has 0 aromatic heterocycles. The third-order valence-electron chi connectivity index (χ3n) is 5.07. The molecule has 1 fully saturated rings. The number of esters is 1. The summed E-state index contributed by atoms with van der Waals surface area (Å²) >= 11 is 5.66. The summed E-state index contributed by atoms with van der Waals surface area (Å²) in [6.45, 7) is 5.10. The first-order valence-corrected chi connectivity index (χ1v) is 9.37.